The minimum Gasteiger partial charge on any atom is -0.318 e. The van der Waals surface area contributed by atoms with Crippen molar-refractivity contribution in [3.8, 4) is 0 Å². The Balaban J connectivity index is 1.76. The Labute approximate surface area is 149 Å². The highest BCUT2D eigenvalue weighted by Crippen LogP contribution is 2.31. The van der Waals surface area contributed by atoms with Crippen LogP contribution in [0.3, 0.4) is 0 Å². The summed E-state index contributed by atoms with van der Waals surface area (Å²) in [6, 6.07) is 7.95. The van der Waals surface area contributed by atoms with E-state index in [0.29, 0.717) is 10.6 Å². The average Bonchev–Trinajstić information content (AvgIpc) is 3.08. The molecule has 26 heavy (non-hydrogen) atoms. The van der Waals surface area contributed by atoms with Gasteiger partial charge in [0.2, 0.25) is 11.8 Å². The van der Waals surface area contributed by atoms with Crippen molar-refractivity contribution in [1.82, 2.24) is 20.7 Å². The first-order valence-electron chi connectivity index (χ1n) is 8.24. The lowest BCUT2D eigenvalue weighted by Crippen LogP contribution is -2.51. The van der Waals surface area contributed by atoms with Gasteiger partial charge < -0.3 is 5.32 Å². The summed E-state index contributed by atoms with van der Waals surface area (Å²) < 4.78 is 0. The predicted molar refractivity (Wildman–Crippen MR) is 87.9 cm³/mol. The van der Waals surface area contributed by atoms with Crippen molar-refractivity contribution < 1.29 is 24.0 Å². The minimum absolute atomic E-state index is 0.0577. The molecule has 1 atom stereocenters. The molecule has 2 heterocycles. The Morgan fingerprint density at radius 3 is 2.31 bits per heavy atom. The molecule has 9 heteroatoms. The maximum absolute atomic E-state index is 12.9. The summed E-state index contributed by atoms with van der Waals surface area (Å²) in [5.41, 5.74) is 1.52. The molecule has 0 aromatic heterocycles. The molecular weight excluding hydrogens is 340 g/mol. The monoisotopic (exact) mass is 358 g/mol. The Hall–Kier alpha value is -3.23. The number of hydrazine groups is 1. The van der Waals surface area contributed by atoms with Gasteiger partial charge in [-0.05, 0) is 12.0 Å². The van der Waals surface area contributed by atoms with Crippen LogP contribution in [-0.4, -0.2) is 46.1 Å². The third-order valence-electron chi connectivity index (χ3n) is 4.58. The molecule has 2 N–H and O–H groups in total. The predicted octanol–water partition coefficient (Wildman–Crippen LogP) is 0.0239. The summed E-state index contributed by atoms with van der Waals surface area (Å²) in [5, 5.41) is 3.23. The van der Waals surface area contributed by atoms with Crippen LogP contribution < -0.4 is 10.7 Å². The lowest BCUT2D eigenvalue weighted by molar-refractivity contribution is -0.145. The fraction of sp³-hybridized carbons (Fsp3) is 0.353. The van der Waals surface area contributed by atoms with Gasteiger partial charge in [0.1, 0.15) is 12.1 Å². The Kier molecular flexibility index (Phi) is 4.45. The van der Waals surface area contributed by atoms with Crippen molar-refractivity contribution in [2.75, 3.05) is 6.54 Å². The van der Waals surface area contributed by atoms with E-state index in [-0.39, 0.29) is 19.3 Å². The van der Waals surface area contributed by atoms with Crippen LogP contribution in [0.15, 0.2) is 30.3 Å². The number of rotatable bonds is 5. The molecule has 0 spiro atoms. The van der Waals surface area contributed by atoms with Gasteiger partial charge in [-0.3, -0.25) is 29.5 Å². The lowest BCUT2D eigenvalue weighted by Gasteiger charge is -2.25. The van der Waals surface area contributed by atoms with Crippen LogP contribution in [-0.2, 0) is 24.7 Å². The molecule has 9 nitrogen and oxygen atoms in total. The van der Waals surface area contributed by atoms with Crippen LogP contribution in [0, 0.1) is 0 Å². The number of imide groups is 2. The number of amides is 6. The molecule has 1 aromatic rings. The smallest absolute Gasteiger partial charge is 0.318 e. The van der Waals surface area contributed by atoms with Crippen molar-refractivity contribution in [2.24, 2.45) is 0 Å². The molecule has 2 fully saturated rings. The SMILES string of the molecule is CC[C@@]1(c2ccccc2)NC(=O)N(NC(=O)CN2C(=O)CCC2=O)C1=O. The van der Waals surface area contributed by atoms with Crippen LogP contribution in [0.4, 0.5) is 4.79 Å². The highest BCUT2D eigenvalue weighted by Gasteiger charge is 2.52. The fourth-order valence-corrected chi connectivity index (χ4v) is 3.14. The van der Waals surface area contributed by atoms with Gasteiger partial charge in [-0.2, -0.15) is 5.01 Å². The van der Waals surface area contributed by atoms with Crippen LogP contribution in [0.1, 0.15) is 31.7 Å². The number of hydrogen-bond acceptors (Lipinski definition) is 5. The molecule has 0 aliphatic carbocycles. The fourth-order valence-electron chi connectivity index (χ4n) is 3.14. The minimum atomic E-state index is -1.27. The van der Waals surface area contributed by atoms with E-state index in [4.69, 9.17) is 0 Å². The van der Waals surface area contributed by atoms with Gasteiger partial charge in [-0.15, -0.1) is 0 Å². The van der Waals surface area contributed by atoms with Crippen molar-refractivity contribution >= 4 is 29.7 Å². The molecule has 0 bridgehead atoms. The highest BCUT2D eigenvalue weighted by molar-refractivity contribution is 6.09. The topological polar surface area (TPSA) is 116 Å². The molecule has 1 aromatic carbocycles. The molecule has 0 unspecified atom stereocenters. The molecule has 0 radical (unpaired) electrons. The Morgan fingerprint density at radius 2 is 1.73 bits per heavy atom. The van der Waals surface area contributed by atoms with E-state index < -0.39 is 41.7 Å². The number of carbonyl (C=O) groups is 5. The molecule has 0 saturated carbocycles. The Bertz CT molecular complexity index is 778. The normalized spacial score (nSPS) is 22.8. The second-order valence-electron chi connectivity index (χ2n) is 6.10. The standard InChI is InChI=1S/C17H18N4O5/c1-2-17(11-6-4-3-5-7-11)15(25)21(16(26)18-17)19-12(22)10-20-13(23)8-9-14(20)24/h3-7H,2,8-10H2,1H3,(H,18,26)(H,19,22)/t17-/m0/s1. The second-order valence-corrected chi connectivity index (χ2v) is 6.10. The van der Waals surface area contributed by atoms with Gasteiger partial charge in [0, 0.05) is 12.8 Å². The highest BCUT2D eigenvalue weighted by atomic mass is 16.2. The average molecular weight is 358 g/mol. The number of nitrogens with zero attached hydrogens (tertiary/aromatic N) is 2. The Morgan fingerprint density at radius 1 is 1.12 bits per heavy atom. The summed E-state index contributed by atoms with van der Waals surface area (Å²) in [4.78, 5) is 61.2. The van der Waals surface area contributed by atoms with E-state index in [1.165, 1.54) is 0 Å². The zero-order valence-electron chi connectivity index (χ0n) is 14.2. The van der Waals surface area contributed by atoms with Crippen molar-refractivity contribution in [3.63, 3.8) is 0 Å². The van der Waals surface area contributed by atoms with Gasteiger partial charge in [0.05, 0.1) is 0 Å². The molecule has 136 valence electrons. The maximum Gasteiger partial charge on any atom is 0.344 e. The van der Waals surface area contributed by atoms with Crippen LogP contribution >= 0.6 is 0 Å². The number of benzene rings is 1. The zero-order valence-corrected chi connectivity index (χ0v) is 14.2. The van der Waals surface area contributed by atoms with Crippen LogP contribution in [0.2, 0.25) is 0 Å². The van der Waals surface area contributed by atoms with E-state index in [9.17, 15) is 24.0 Å². The van der Waals surface area contributed by atoms with Crippen LogP contribution in [0.5, 0.6) is 0 Å². The third kappa shape index (κ3) is 2.81. The number of nitrogens with one attached hydrogen (secondary N) is 2. The molecule has 6 amide bonds. The lowest BCUT2D eigenvalue weighted by atomic mass is 9.87. The van der Waals surface area contributed by atoms with E-state index in [0.717, 1.165) is 4.90 Å². The van der Waals surface area contributed by atoms with E-state index in [1.54, 1.807) is 37.3 Å². The summed E-state index contributed by atoms with van der Waals surface area (Å²) in [7, 11) is 0. The van der Waals surface area contributed by atoms with Crippen LogP contribution in [0.25, 0.3) is 0 Å². The first-order chi connectivity index (χ1) is 12.4. The summed E-state index contributed by atoms with van der Waals surface area (Å²) in [5.74, 6) is -2.32. The number of likely N-dealkylation sites (tertiary alicyclic amines) is 1. The molecule has 3 rings (SSSR count). The third-order valence-corrected chi connectivity index (χ3v) is 4.58. The maximum atomic E-state index is 12.9. The molecule has 2 saturated heterocycles. The van der Waals surface area contributed by atoms with E-state index in [1.807, 2.05) is 0 Å². The van der Waals surface area contributed by atoms with Crippen molar-refractivity contribution in [2.45, 2.75) is 31.7 Å². The second kappa shape index (κ2) is 6.58. The largest absolute Gasteiger partial charge is 0.344 e. The summed E-state index contributed by atoms with van der Waals surface area (Å²) in [6.07, 6.45) is 0.404. The van der Waals surface area contributed by atoms with Gasteiger partial charge in [-0.25, -0.2) is 4.79 Å². The first kappa shape index (κ1) is 17.6. The van der Waals surface area contributed by atoms with Gasteiger partial charge in [0.25, 0.3) is 11.8 Å². The number of urea groups is 1. The number of carbonyl (C=O) groups excluding carboxylic acids is 5. The van der Waals surface area contributed by atoms with E-state index in [2.05, 4.69) is 10.7 Å². The van der Waals surface area contributed by atoms with E-state index >= 15 is 0 Å². The molecular formula is C17H18N4O5. The molecule has 2 aliphatic heterocycles. The summed E-state index contributed by atoms with van der Waals surface area (Å²) in [6.45, 7) is 1.22. The van der Waals surface area contributed by atoms with Gasteiger partial charge >= 0.3 is 6.03 Å². The quantitative estimate of drug-likeness (QED) is 0.569. The van der Waals surface area contributed by atoms with Gasteiger partial charge in [0.15, 0.2) is 0 Å². The molecule has 2 aliphatic rings. The zero-order chi connectivity index (χ0) is 18.9. The number of hydrogen-bond donors (Lipinski definition) is 2. The van der Waals surface area contributed by atoms with Crippen molar-refractivity contribution in [1.29, 1.82) is 0 Å². The van der Waals surface area contributed by atoms with Crippen molar-refractivity contribution in [3.05, 3.63) is 35.9 Å². The van der Waals surface area contributed by atoms with Gasteiger partial charge in [-0.1, -0.05) is 37.3 Å². The first-order valence-corrected chi connectivity index (χ1v) is 8.24. The summed E-state index contributed by atoms with van der Waals surface area (Å²) >= 11 is 0.